The van der Waals surface area contributed by atoms with E-state index in [2.05, 4.69) is 213 Å². The Morgan fingerprint density at radius 2 is 0.536 bits per heavy atom. The Kier molecular flexibility index (Phi) is 12.6. The Balaban J connectivity index is 0.00000150. The minimum Gasteiger partial charge on any atom is -1.00 e. The summed E-state index contributed by atoms with van der Waals surface area (Å²) in [6.45, 7) is 0. The number of hydrogen-bond acceptors (Lipinski definition) is 0. The van der Waals surface area contributed by atoms with Gasteiger partial charge in [0.05, 0.1) is 0 Å². The maximum absolute atomic E-state index is 3.87. The van der Waals surface area contributed by atoms with Crippen LogP contribution < -0.4 is 89.3 Å². The van der Waals surface area contributed by atoms with Crippen LogP contribution in [0.15, 0.2) is 147 Å². The second kappa shape index (κ2) is 17.0. The molecule has 0 fully saturated rings. The summed E-state index contributed by atoms with van der Waals surface area (Å²) < 4.78 is 8.39. The molecule has 0 saturated heterocycles. The van der Waals surface area contributed by atoms with E-state index < -0.39 is 0 Å². The van der Waals surface area contributed by atoms with Crippen molar-refractivity contribution in [2.45, 2.75) is 0 Å². The van der Waals surface area contributed by atoms with Crippen molar-refractivity contribution in [2.24, 2.45) is 28.2 Å². The van der Waals surface area contributed by atoms with Gasteiger partial charge in [-0.1, -0.05) is 0 Å². The van der Waals surface area contributed by atoms with Crippen LogP contribution in [-0.4, -0.2) is 19.9 Å². The summed E-state index contributed by atoms with van der Waals surface area (Å²) in [4.78, 5) is 15.5. The van der Waals surface area contributed by atoms with E-state index in [0.29, 0.717) is 0 Å². The van der Waals surface area contributed by atoms with E-state index >= 15 is 0 Å². The topological polar surface area (TPSA) is 78.7 Å². The molecule has 12 heteroatoms. The Hall–Kier alpha value is -5.64. The van der Waals surface area contributed by atoms with Crippen LogP contribution >= 0.6 is 0 Å². The molecular formula is C44H40Cl4N8. The Morgan fingerprint density at radius 1 is 0.304 bits per heavy atom. The number of rotatable bonds is 4. The van der Waals surface area contributed by atoms with Crippen LogP contribution in [0, 0.1) is 0 Å². The standard InChI is InChI=1S/C44H40N8.4ClH/c1-49-21-5-9-29(25-49)41-33-13-15-35(45-33)42(30-10-6-22-50(2)26-30)37-17-19-39(47-37)44(32-12-8-24-52(4)28-32)40-20-18-38(48-40)43(36-16-14-34(41)46-36)31-11-7-23-51(3)27-31;;;;/h5-28,45-48H,1-4H3;4*1H/q+4;;;;/p-4. The van der Waals surface area contributed by atoms with Crippen LogP contribution in [0.3, 0.4) is 0 Å². The zero-order valence-corrected chi connectivity index (χ0v) is 34.2. The van der Waals surface area contributed by atoms with Crippen molar-refractivity contribution < 1.29 is 67.9 Å². The van der Waals surface area contributed by atoms with Gasteiger partial charge in [-0.2, -0.15) is 0 Å². The van der Waals surface area contributed by atoms with Gasteiger partial charge in [0.1, 0.15) is 28.2 Å². The molecule has 9 rings (SSSR count). The van der Waals surface area contributed by atoms with E-state index in [0.717, 1.165) is 88.7 Å². The molecule has 9 heterocycles. The highest BCUT2D eigenvalue weighted by atomic mass is 35.5. The van der Waals surface area contributed by atoms with Gasteiger partial charge >= 0.3 is 0 Å². The van der Waals surface area contributed by atoms with Gasteiger partial charge in [0.25, 0.3) is 0 Å². The van der Waals surface area contributed by atoms with Gasteiger partial charge in [0.15, 0.2) is 49.6 Å². The molecule has 4 N–H and O–H groups in total. The summed E-state index contributed by atoms with van der Waals surface area (Å²) in [5, 5.41) is 4.07. The third-order valence-corrected chi connectivity index (χ3v) is 9.81. The van der Waals surface area contributed by atoms with Crippen molar-refractivity contribution in [3.05, 3.63) is 213 Å². The summed E-state index contributed by atoms with van der Waals surface area (Å²) in [7, 11) is 8.26. The zero-order valence-electron chi connectivity index (χ0n) is 31.2. The highest BCUT2D eigenvalue weighted by molar-refractivity contribution is 5.84. The molecule has 284 valence electrons. The lowest BCUT2D eigenvalue weighted by molar-refractivity contribution is -0.671. The molecule has 0 saturated carbocycles. The Morgan fingerprint density at radius 3 is 0.750 bits per heavy atom. The first-order valence-corrected chi connectivity index (χ1v) is 17.5. The van der Waals surface area contributed by atoms with Crippen molar-refractivity contribution in [3.63, 3.8) is 0 Å². The average molecular weight is 823 g/mol. The fraction of sp³-hybridized carbons (Fsp3) is 0.0909. The second-order valence-corrected chi connectivity index (χ2v) is 13.7. The van der Waals surface area contributed by atoms with Crippen molar-refractivity contribution in [1.82, 2.24) is 19.9 Å². The number of hydrogen-bond donors (Lipinski definition) is 4. The molecule has 0 unspecified atom stereocenters. The molecular weight excluding hydrogens is 782 g/mol. The van der Waals surface area contributed by atoms with E-state index in [1.54, 1.807) is 0 Å². The number of nitrogens with zero attached hydrogens (tertiary/aromatic N) is 4. The maximum atomic E-state index is 3.87. The number of pyridine rings is 4. The van der Waals surface area contributed by atoms with Gasteiger partial charge in [0, 0.05) is 113 Å². The van der Waals surface area contributed by atoms with Crippen molar-refractivity contribution in [3.8, 4) is 0 Å². The summed E-state index contributed by atoms with van der Waals surface area (Å²) in [5.41, 5.74) is 12.8. The van der Waals surface area contributed by atoms with Gasteiger partial charge < -0.3 is 69.6 Å². The average Bonchev–Trinajstić information content (AvgIpc) is 3.96. The number of aromatic amines is 4. The first-order valence-electron chi connectivity index (χ1n) is 17.5. The fourth-order valence-corrected chi connectivity index (χ4v) is 7.51. The lowest BCUT2D eigenvalue weighted by Crippen LogP contribution is -3.00. The summed E-state index contributed by atoms with van der Waals surface area (Å²) in [5.74, 6) is 0. The lowest BCUT2D eigenvalue weighted by atomic mass is 10.0. The van der Waals surface area contributed by atoms with Crippen LogP contribution in [0.1, 0.15) is 45.0 Å². The molecule has 0 amide bonds. The zero-order chi connectivity index (χ0) is 35.3. The SMILES string of the molecule is C[n+]1cccc(C2=c3ccc([nH]3)=C(c3ccc[n+](C)c3)c3ccc([nH]3)C(c3ccc[n+](C)c3)=c3ccc([nH]3)=C(c3ccc[n+](C)c3)c3ccc2[nH]3)c1.[Cl-].[Cl-].[Cl-].[Cl-]. The number of fused-ring (bicyclic) bond motifs is 8. The molecule has 8 aromatic rings. The molecule has 1 aliphatic heterocycles. The first kappa shape index (κ1) is 41.5. The van der Waals surface area contributed by atoms with E-state index in [1.165, 1.54) is 0 Å². The fourth-order valence-electron chi connectivity index (χ4n) is 7.51. The number of H-pyrrole nitrogens is 4. The number of aryl methyl sites for hydroxylation is 4. The third kappa shape index (κ3) is 7.74. The smallest absolute Gasteiger partial charge is 0.176 e. The molecule has 0 aliphatic carbocycles. The maximum Gasteiger partial charge on any atom is 0.176 e. The minimum atomic E-state index is 0. The van der Waals surface area contributed by atoms with Crippen LogP contribution in [0.5, 0.6) is 0 Å². The van der Waals surface area contributed by atoms with Crippen molar-refractivity contribution in [2.75, 3.05) is 0 Å². The first-order chi connectivity index (χ1) is 25.4. The molecule has 0 radical (unpaired) electrons. The van der Waals surface area contributed by atoms with Crippen LogP contribution in [0.25, 0.3) is 22.3 Å². The predicted molar refractivity (Wildman–Crippen MR) is 199 cm³/mol. The summed E-state index contributed by atoms with van der Waals surface area (Å²) >= 11 is 0. The summed E-state index contributed by atoms with van der Waals surface area (Å²) in [6, 6.07) is 34.7. The van der Waals surface area contributed by atoms with Gasteiger partial charge in [-0.3, -0.25) is 0 Å². The number of aromatic nitrogens is 8. The molecule has 0 aromatic carbocycles. The van der Waals surface area contributed by atoms with Gasteiger partial charge in [-0.05, 0) is 72.8 Å². The normalized spacial score (nSPS) is 11.9. The lowest BCUT2D eigenvalue weighted by Gasteiger charge is -2.08. The third-order valence-electron chi connectivity index (χ3n) is 9.81. The minimum absolute atomic E-state index is 0. The highest BCUT2D eigenvalue weighted by Crippen LogP contribution is 2.26. The van der Waals surface area contributed by atoms with E-state index in [4.69, 9.17) is 0 Å². The summed E-state index contributed by atoms with van der Waals surface area (Å²) in [6.07, 6.45) is 17.0. The number of nitrogens with one attached hydrogen (secondary N) is 4. The molecule has 0 spiro atoms. The molecule has 1 aliphatic rings. The van der Waals surface area contributed by atoms with E-state index in [1.807, 2.05) is 0 Å². The molecule has 56 heavy (non-hydrogen) atoms. The second-order valence-electron chi connectivity index (χ2n) is 13.7. The largest absolute Gasteiger partial charge is 1.00 e. The van der Waals surface area contributed by atoms with Gasteiger partial charge in [-0.15, -0.1) is 0 Å². The Labute approximate surface area is 349 Å². The highest BCUT2D eigenvalue weighted by Gasteiger charge is 2.20. The van der Waals surface area contributed by atoms with Crippen molar-refractivity contribution >= 4 is 22.3 Å². The molecule has 8 nitrogen and oxygen atoms in total. The molecule has 8 bridgehead atoms. The van der Waals surface area contributed by atoms with E-state index in [-0.39, 0.29) is 49.6 Å². The monoisotopic (exact) mass is 820 g/mol. The Bertz CT molecular complexity index is 2550. The van der Waals surface area contributed by atoms with Gasteiger partial charge in [0.2, 0.25) is 0 Å². The van der Waals surface area contributed by atoms with E-state index in [9.17, 15) is 0 Å². The van der Waals surface area contributed by atoms with Crippen LogP contribution in [0.2, 0.25) is 0 Å². The van der Waals surface area contributed by atoms with Crippen molar-refractivity contribution in [1.29, 1.82) is 0 Å². The predicted octanol–water partition coefficient (Wildman–Crippen LogP) is -10.4. The molecule has 8 aromatic heterocycles. The van der Waals surface area contributed by atoms with Crippen LogP contribution in [0.4, 0.5) is 0 Å². The molecule has 0 atom stereocenters. The number of halogens is 4. The van der Waals surface area contributed by atoms with Gasteiger partial charge in [-0.25, -0.2) is 18.3 Å². The quantitative estimate of drug-likeness (QED) is 0.128. The van der Waals surface area contributed by atoms with Crippen LogP contribution in [-0.2, 0) is 28.2 Å².